The molecule has 116 valence electrons. The summed E-state index contributed by atoms with van der Waals surface area (Å²) in [4.78, 5) is 0.732. The molecule has 1 aliphatic heterocycles. The van der Waals surface area contributed by atoms with E-state index in [1.807, 2.05) is 0 Å². The fraction of sp³-hybridized carbons (Fsp3) is 0.143. The summed E-state index contributed by atoms with van der Waals surface area (Å²) in [5, 5.41) is 10.2. The van der Waals surface area contributed by atoms with Crippen molar-refractivity contribution >= 4 is 45.0 Å². The van der Waals surface area contributed by atoms with E-state index >= 15 is 0 Å². The minimum atomic E-state index is -3.69. The number of thioether (sulfide) groups is 1. The number of rotatable bonds is 1. The van der Waals surface area contributed by atoms with Crippen molar-refractivity contribution in [1.82, 2.24) is 4.72 Å². The second-order valence-corrected chi connectivity index (χ2v) is 8.54. The maximum atomic E-state index is 12.4. The fourth-order valence-corrected chi connectivity index (χ4v) is 5.73. The first-order valence-corrected chi connectivity index (χ1v) is 9.37. The quantitative estimate of drug-likeness (QED) is 0.787. The highest BCUT2D eigenvalue weighted by atomic mass is 35.5. The van der Waals surface area contributed by atoms with Crippen molar-refractivity contribution in [3.05, 3.63) is 51.5 Å². The molecule has 0 radical (unpaired) electrons. The summed E-state index contributed by atoms with van der Waals surface area (Å²) >= 11 is 13.3. The highest BCUT2D eigenvalue weighted by molar-refractivity contribution is 8.02. The maximum absolute atomic E-state index is 12.4. The van der Waals surface area contributed by atoms with Gasteiger partial charge >= 0.3 is 0 Å². The van der Waals surface area contributed by atoms with Crippen LogP contribution in [0.5, 0.6) is 5.75 Å². The van der Waals surface area contributed by atoms with Crippen molar-refractivity contribution in [1.29, 1.82) is 0 Å². The molecule has 1 heterocycles. The van der Waals surface area contributed by atoms with Crippen molar-refractivity contribution in [3.63, 3.8) is 0 Å². The molecule has 2 aromatic rings. The lowest BCUT2D eigenvalue weighted by atomic mass is 10.2. The second kappa shape index (κ2) is 5.62. The molecule has 1 atom stereocenters. The van der Waals surface area contributed by atoms with Crippen molar-refractivity contribution < 1.29 is 13.5 Å². The molecule has 0 fully saturated rings. The van der Waals surface area contributed by atoms with Gasteiger partial charge < -0.3 is 5.11 Å². The van der Waals surface area contributed by atoms with E-state index in [1.165, 1.54) is 30.0 Å². The number of phenols is 1. The minimum Gasteiger partial charge on any atom is -0.508 e. The molecule has 2 N–H and O–H groups in total. The number of fused-ring (bicyclic) bond motifs is 1. The molecule has 1 aliphatic rings. The Kier molecular flexibility index (Phi) is 4.07. The molecule has 0 spiro atoms. The number of phenolic OH excluding ortho intramolecular Hbond substituents is 1. The van der Waals surface area contributed by atoms with E-state index in [9.17, 15) is 13.5 Å². The summed E-state index contributed by atoms with van der Waals surface area (Å²) in [6, 6.07) is 7.68. The highest BCUT2D eigenvalue weighted by Gasteiger charge is 2.33. The third-order valence-electron chi connectivity index (χ3n) is 3.29. The van der Waals surface area contributed by atoms with Crippen LogP contribution in [-0.4, -0.2) is 13.5 Å². The molecular formula is C14H11Cl2NO3S2. The lowest BCUT2D eigenvalue weighted by molar-refractivity contribution is 0.466. The molecule has 0 aliphatic carbocycles. The monoisotopic (exact) mass is 375 g/mol. The highest BCUT2D eigenvalue weighted by Crippen LogP contribution is 2.46. The third-order valence-corrected chi connectivity index (χ3v) is 6.88. The Morgan fingerprint density at radius 1 is 1.23 bits per heavy atom. The van der Waals surface area contributed by atoms with E-state index in [4.69, 9.17) is 23.2 Å². The summed E-state index contributed by atoms with van der Waals surface area (Å²) in [6.07, 6.45) is 0. The molecule has 0 saturated heterocycles. The van der Waals surface area contributed by atoms with Crippen LogP contribution in [0.25, 0.3) is 0 Å². The van der Waals surface area contributed by atoms with Crippen LogP contribution < -0.4 is 4.72 Å². The molecule has 2 aromatic carbocycles. The van der Waals surface area contributed by atoms with Crippen molar-refractivity contribution in [3.8, 4) is 5.75 Å². The Bertz CT molecular complexity index is 869. The fourth-order valence-electron chi connectivity index (χ4n) is 2.16. The predicted molar refractivity (Wildman–Crippen MR) is 88.2 cm³/mol. The normalized spacial score (nSPS) is 19.7. The number of aromatic hydroxyl groups is 1. The second-order valence-electron chi connectivity index (χ2n) is 4.87. The number of nitrogens with one attached hydrogen (secondary N) is 1. The molecule has 0 saturated carbocycles. The molecule has 22 heavy (non-hydrogen) atoms. The zero-order valence-corrected chi connectivity index (χ0v) is 14.4. The van der Waals surface area contributed by atoms with Gasteiger partial charge in [-0.25, -0.2) is 8.42 Å². The Morgan fingerprint density at radius 2 is 1.95 bits per heavy atom. The van der Waals surface area contributed by atoms with E-state index in [-0.39, 0.29) is 10.6 Å². The van der Waals surface area contributed by atoms with Crippen LogP contribution in [0.3, 0.4) is 0 Å². The van der Waals surface area contributed by atoms with E-state index in [1.54, 1.807) is 19.1 Å². The summed E-state index contributed by atoms with van der Waals surface area (Å²) in [5.41, 5.74) is 1.10. The zero-order valence-electron chi connectivity index (χ0n) is 11.3. The number of hydrogen-bond acceptors (Lipinski definition) is 4. The molecule has 0 aromatic heterocycles. The number of benzene rings is 2. The van der Waals surface area contributed by atoms with Gasteiger partial charge in [0, 0.05) is 20.5 Å². The van der Waals surface area contributed by atoms with Gasteiger partial charge in [-0.3, -0.25) is 0 Å². The van der Waals surface area contributed by atoms with Gasteiger partial charge in [0.1, 0.15) is 11.1 Å². The molecule has 0 amide bonds. The lowest BCUT2D eigenvalue weighted by Gasteiger charge is -2.26. The van der Waals surface area contributed by atoms with E-state index in [2.05, 4.69) is 4.72 Å². The number of sulfonamides is 1. The van der Waals surface area contributed by atoms with Gasteiger partial charge in [0.15, 0.2) is 0 Å². The van der Waals surface area contributed by atoms with Crippen LogP contribution in [0.2, 0.25) is 10.0 Å². The third kappa shape index (κ3) is 2.81. The van der Waals surface area contributed by atoms with Gasteiger partial charge in [0.2, 0.25) is 10.0 Å². The SMILES string of the molecule is Cc1cc2c(cc1Cl)SC(c1cc(Cl)ccc1O)NS2(=O)=O. The zero-order chi connectivity index (χ0) is 16.1. The van der Waals surface area contributed by atoms with Gasteiger partial charge in [-0.1, -0.05) is 35.0 Å². The Balaban J connectivity index is 2.12. The molecule has 1 unspecified atom stereocenters. The van der Waals surface area contributed by atoms with Gasteiger partial charge in [-0.15, -0.1) is 0 Å². The van der Waals surface area contributed by atoms with Gasteiger partial charge in [0.05, 0.1) is 4.90 Å². The van der Waals surface area contributed by atoms with E-state index in [0.29, 0.717) is 26.1 Å². The molecule has 8 heteroatoms. The van der Waals surface area contributed by atoms with Crippen LogP contribution in [0.4, 0.5) is 0 Å². The Labute approximate surface area is 142 Å². The Hall–Kier alpha value is -0.920. The molecular weight excluding hydrogens is 365 g/mol. The number of hydrogen-bond donors (Lipinski definition) is 2. The summed E-state index contributed by atoms with van der Waals surface area (Å²) < 4.78 is 27.4. The lowest BCUT2D eigenvalue weighted by Crippen LogP contribution is -2.31. The van der Waals surface area contributed by atoms with Gasteiger partial charge in [0.25, 0.3) is 0 Å². The summed E-state index contributed by atoms with van der Waals surface area (Å²) in [5.74, 6) is -0.0220. The first-order chi connectivity index (χ1) is 10.3. The van der Waals surface area contributed by atoms with E-state index in [0.717, 1.165) is 0 Å². The van der Waals surface area contributed by atoms with Crippen molar-refractivity contribution in [2.24, 2.45) is 0 Å². The standard InChI is InChI=1S/C14H11Cl2NO3S2/c1-7-4-13-12(6-10(7)16)21-14(17-22(13,19)20)9-5-8(15)2-3-11(9)18/h2-6,14,17-18H,1H3. The van der Waals surface area contributed by atoms with Crippen LogP contribution in [0.15, 0.2) is 40.1 Å². The van der Waals surface area contributed by atoms with Gasteiger partial charge in [-0.2, -0.15) is 4.72 Å². The van der Waals surface area contributed by atoms with Crippen LogP contribution >= 0.6 is 35.0 Å². The smallest absolute Gasteiger partial charge is 0.242 e. The minimum absolute atomic E-state index is 0.0220. The molecule has 0 bridgehead atoms. The first kappa shape index (κ1) is 16.0. The van der Waals surface area contributed by atoms with Crippen LogP contribution in [0, 0.1) is 6.92 Å². The van der Waals surface area contributed by atoms with Crippen molar-refractivity contribution in [2.75, 3.05) is 0 Å². The predicted octanol–water partition coefficient (Wildman–Crippen LogP) is 4.09. The van der Waals surface area contributed by atoms with Crippen LogP contribution in [0.1, 0.15) is 16.5 Å². The van der Waals surface area contributed by atoms with Gasteiger partial charge in [-0.05, 0) is 42.8 Å². The number of aryl methyl sites for hydroxylation is 1. The maximum Gasteiger partial charge on any atom is 0.242 e. The molecule has 3 rings (SSSR count). The number of halogens is 2. The summed E-state index contributed by atoms with van der Waals surface area (Å²) in [6.45, 7) is 1.75. The van der Waals surface area contributed by atoms with Crippen molar-refractivity contribution in [2.45, 2.75) is 22.1 Å². The topological polar surface area (TPSA) is 66.4 Å². The summed E-state index contributed by atoms with van der Waals surface area (Å²) in [7, 11) is -3.69. The van der Waals surface area contributed by atoms with Crippen LogP contribution in [-0.2, 0) is 10.0 Å². The first-order valence-electron chi connectivity index (χ1n) is 6.25. The van der Waals surface area contributed by atoms with E-state index < -0.39 is 15.4 Å². The average Bonchev–Trinajstić information content (AvgIpc) is 2.43. The largest absolute Gasteiger partial charge is 0.508 e. The Morgan fingerprint density at radius 3 is 2.68 bits per heavy atom. The average molecular weight is 376 g/mol. The molecule has 4 nitrogen and oxygen atoms in total.